The van der Waals surface area contributed by atoms with Crippen LogP contribution in [0.5, 0.6) is 0 Å². The van der Waals surface area contributed by atoms with Crippen molar-refractivity contribution in [2.75, 3.05) is 6.61 Å². The summed E-state index contributed by atoms with van der Waals surface area (Å²) in [5.74, 6) is -1.49. The number of carbonyl (C=O) groups is 2. The van der Waals surface area contributed by atoms with Gasteiger partial charge in [-0.2, -0.15) is 4.72 Å². The largest absolute Gasteiger partial charge is 0.456 e. The molecule has 0 aliphatic rings. The average Bonchev–Trinajstić information content (AvgIpc) is 2.72. The first-order chi connectivity index (χ1) is 14.5. The van der Waals surface area contributed by atoms with E-state index in [-0.39, 0.29) is 11.7 Å². The molecule has 0 radical (unpaired) electrons. The summed E-state index contributed by atoms with van der Waals surface area (Å²) in [5, 5.41) is 1.01. The van der Waals surface area contributed by atoms with Gasteiger partial charge in [0.2, 0.25) is 15.8 Å². The Bertz CT molecular complexity index is 1070. The van der Waals surface area contributed by atoms with Gasteiger partial charge >= 0.3 is 5.97 Å². The lowest BCUT2D eigenvalue weighted by Crippen LogP contribution is -2.45. The smallest absolute Gasteiger partial charge is 0.324 e. The van der Waals surface area contributed by atoms with E-state index in [4.69, 9.17) is 4.74 Å². The number of Topliss-reactive ketones (excluding diaryl/α,β-unsaturated/α-hetero) is 1. The Morgan fingerprint density at radius 2 is 1.61 bits per heavy atom. The molecule has 2 aromatic rings. The van der Waals surface area contributed by atoms with Crippen LogP contribution in [-0.2, 0) is 19.6 Å². The van der Waals surface area contributed by atoms with Crippen molar-refractivity contribution in [2.45, 2.75) is 40.7 Å². The molecular formula is C24H29NO5S. The fourth-order valence-electron chi connectivity index (χ4n) is 2.97. The molecule has 0 saturated carbocycles. The second kappa shape index (κ2) is 10.5. The molecular weight excluding hydrogens is 414 g/mol. The van der Waals surface area contributed by atoms with E-state index in [2.05, 4.69) is 4.72 Å². The second-order valence-corrected chi connectivity index (χ2v) is 9.48. The number of hydrogen-bond acceptors (Lipinski definition) is 5. The number of benzene rings is 2. The molecule has 1 atom stereocenters. The zero-order chi connectivity index (χ0) is 23.2. The van der Waals surface area contributed by atoms with Gasteiger partial charge in [0.25, 0.3) is 0 Å². The molecule has 2 rings (SSSR count). The summed E-state index contributed by atoms with van der Waals surface area (Å²) < 4.78 is 32.4. The zero-order valence-electron chi connectivity index (χ0n) is 18.5. The summed E-state index contributed by atoms with van der Waals surface area (Å²) >= 11 is 0. The number of sulfonamides is 1. The highest BCUT2D eigenvalue weighted by atomic mass is 32.2. The molecule has 2 aromatic carbocycles. The van der Waals surface area contributed by atoms with Crippen LogP contribution in [0.15, 0.2) is 47.9 Å². The minimum absolute atomic E-state index is 0.330. The van der Waals surface area contributed by atoms with Crippen molar-refractivity contribution in [3.63, 3.8) is 0 Å². The van der Waals surface area contributed by atoms with Crippen LogP contribution in [-0.4, -0.2) is 32.8 Å². The van der Waals surface area contributed by atoms with Crippen molar-refractivity contribution in [3.8, 4) is 0 Å². The third kappa shape index (κ3) is 7.15. The molecule has 0 fully saturated rings. The second-order valence-electron chi connectivity index (χ2n) is 7.88. The quantitative estimate of drug-likeness (QED) is 0.468. The van der Waals surface area contributed by atoms with Crippen LogP contribution in [0.4, 0.5) is 0 Å². The lowest BCUT2D eigenvalue weighted by atomic mass is 9.98. The van der Waals surface area contributed by atoms with Gasteiger partial charge in [-0.1, -0.05) is 50.2 Å². The number of nitrogens with one attached hydrogen (secondary N) is 1. The Hall–Kier alpha value is -2.77. The first-order valence-corrected chi connectivity index (χ1v) is 11.6. The third-order valence-electron chi connectivity index (χ3n) is 4.94. The van der Waals surface area contributed by atoms with E-state index in [0.29, 0.717) is 11.1 Å². The van der Waals surface area contributed by atoms with Crippen LogP contribution in [0.3, 0.4) is 0 Å². The highest BCUT2D eigenvalue weighted by molar-refractivity contribution is 7.92. The number of ether oxygens (including phenoxy) is 1. The van der Waals surface area contributed by atoms with Crippen molar-refractivity contribution in [3.05, 3.63) is 75.7 Å². The Labute approximate surface area is 184 Å². The maximum absolute atomic E-state index is 12.6. The molecule has 0 aliphatic carbocycles. The number of ketones is 1. The maximum atomic E-state index is 12.6. The lowest BCUT2D eigenvalue weighted by molar-refractivity contribution is -0.145. The molecule has 0 amide bonds. The van der Waals surface area contributed by atoms with Gasteiger partial charge in [-0.25, -0.2) is 8.42 Å². The maximum Gasteiger partial charge on any atom is 0.324 e. The molecule has 0 bridgehead atoms. The Morgan fingerprint density at radius 1 is 1.00 bits per heavy atom. The minimum Gasteiger partial charge on any atom is -0.456 e. The molecule has 1 N–H and O–H groups in total. The van der Waals surface area contributed by atoms with E-state index in [1.165, 1.54) is 6.08 Å². The highest BCUT2D eigenvalue weighted by Gasteiger charge is 2.28. The number of rotatable bonds is 9. The highest BCUT2D eigenvalue weighted by Crippen LogP contribution is 2.16. The average molecular weight is 444 g/mol. The van der Waals surface area contributed by atoms with Crippen LogP contribution in [0.1, 0.15) is 46.5 Å². The molecule has 7 heteroatoms. The minimum atomic E-state index is -3.89. The van der Waals surface area contributed by atoms with E-state index in [0.717, 1.165) is 22.1 Å². The Kier molecular flexibility index (Phi) is 8.30. The van der Waals surface area contributed by atoms with E-state index in [1.807, 2.05) is 32.9 Å². The predicted octanol–water partition coefficient (Wildman–Crippen LogP) is 3.95. The van der Waals surface area contributed by atoms with Gasteiger partial charge in [-0.15, -0.1) is 0 Å². The van der Waals surface area contributed by atoms with E-state index in [1.54, 1.807) is 44.2 Å². The van der Waals surface area contributed by atoms with Crippen LogP contribution < -0.4 is 4.72 Å². The topological polar surface area (TPSA) is 89.5 Å². The third-order valence-corrected chi connectivity index (χ3v) is 6.01. The zero-order valence-corrected chi connectivity index (χ0v) is 19.3. The van der Waals surface area contributed by atoms with Crippen molar-refractivity contribution in [2.24, 2.45) is 5.92 Å². The van der Waals surface area contributed by atoms with Crippen LogP contribution >= 0.6 is 0 Å². The molecule has 0 aromatic heterocycles. The first-order valence-electron chi connectivity index (χ1n) is 10.0. The van der Waals surface area contributed by atoms with Crippen molar-refractivity contribution >= 4 is 27.9 Å². The first kappa shape index (κ1) is 24.5. The summed E-state index contributed by atoms with van der Waals surface area (Å²) in [6.07, 6.45) is 1.44. The molecule has 0 spiro atoms. The molecule has 0 heterocycles. The fraction of sp³-hybridized carbons (Fsp3) is 0.333. The van der Waals surface area contributed by atoms with Crippen LogP contribution in [0.2, 0.25) is 0 Å². The molecule has 0 unspecified atom stereocenters. The van der Waals surface area contributed by atoms with Gasteiger partial charge in [0.1, 0.15) is 6.04 Å². The van der Waals surface area contributed by atoms with E-state index in [9.17, 15) is 18.0 Å². The van der Waals surface area contributed by atoms with Gasteiger partial charge < -0.3 is 4.74 Å². The molecule has 0 aliphatic heterocycles. The summed E-state index contributed by atoms with van der Waals surface area (Å²) in [6, 6.07) is 11.5. The molecule has 6 nitrogen and oxygen atoms in total. The summed E-state index contributed by atoms with van der Waals surface area (Å²) in [5.41, 5.74) is 4.05. The van der Waals surface area contributed by atoms with Gasteiger partial charge in [-0.3, -0.25) is 9.59 Å². The molecule has 0 saturated heterocycles. The van der Waals surface area contributed by atoms with Crippen molar-refractivity contribution in [1.82, 2.24) is 4.72 Å². The van der Waals surface area contributed by atoms with Crippen LogP contribution in [0, 0.1) is 26.7 Å². The van der Waals surface area contributed by atoms with Crippen molar-refractivity contribution in [1.29, 1.82) is 0 Å². The van der Waals surface area contributed by atoms with E-state index < -0.39 is 28.6 Å². The number of carbonyl (C=O) groups excluding carboxylic acids is 2. The number of aryl methyl sites for hydroxylation is 3. The summed E-state index contributed by atoms with van der Waals surface area (Å²) in [7, 11) is -3.89. The lowest BCUT2D eigenvalue weighted by Gasteiger charge is -2.20. The Morgan fingerprint density at radius 3 is 2.23 bits per heavy atom. The molecule has 166 valence electrons. The fourth-order valence-corrected chi connectivity index (χ4v) is 4.11. The van der Waals surface area contributed by atoms with Crippen molar-refractivity contribution < 1.29 is 22.7 Å². The van der Waals surface area contributed by atoms with Crippen LogP contribution in [0.25, 0.3) is 6.08 Å². The van der Waals surface area contributed by atoms with Gasteiger partial charge in [0.15, 0.2) is 6.61 Å². The summed E-state index contributed by atoms with van der Waals surface area (Å²) in [4.78, 5) is 25.1. The standard InChI is InChI=1S/C24H29NO5S/c1-16(2)23(25-31(28,29)12-11-20-9-7-6-8-10-20)24(27)30-15-22(26)21-14-18(4)17(3)13-19(21)5/h6-14,16,23,25H,15H2,1-5H3/b12-11+/t23-/m1/s1. The van der Waals surface area contributed by atoms with Gasteiger partial charge in [-0.05, 0) is 61.1 Å². The van der Waals surface area contributed by atoms with Gasteiger partial charge in [0.05, 0.1) is 0 Å². The van der Waals surface area contributed by atoms with E-state index >= 15 is 0 Å². The van der Waals surface area contributed by atoms with Gasteiger partial charge in [0, 0.05) is 11.0 Å². The number of esters is 1. The predicted molar refractivity (Wildman–Crippen MR) is 122 cm³/mol. The SMILES string of the molecule is Cc1cc(C)c(C(=O)COC(=O)[C@H](NS(=O)(=O)/C=C/c2ccccc2)C(C)C)cc1C. The number of hydrogen-bond donors (Lipinski definition) is 1. The molecule has 31 heavy (non-hydrogen) atoms. The normalized spacial score (nSPS) is 12.8. The monoisotopic (exact) mass is 443 g/mol. The Balaban J connectivity index is 2.06. The summed E-state index contributed by atoms with van der Waals surface area (Å²) in [6.45, 7) is 8.64.